The third kappa shape index (κ3) is 4.53. The number of hydrogen-bond donors (Lipinski definition) is 1. The molecule has 0 radical (unpaired) electrons. The Morgan fingerprint density at radius 2 is 1.80 bits per heavy atom. The lowest BCUT2D eigenvalue weighted by atomic mass is 9.68. The number of halogens is 3. The predicted molar refractivity (Wildman–Crippen MR) is 140 cm³/mol. The first-order chi connectivity index (χ1) is 19.1. The third-order valence-corrected chi connectivity index (χ3v) is 9.59. The van der Waals surface area contributed by atoms with Gasteiger partial charge in [0.1, 0.15) is 6.10 Å². The molecule has 0 bridgehead atoms. The van der Waals surface area contributed by atoms with Crippen LogP contribution >= 0.6 is 0 Å². The van der Waals surface area contributed by atoms with Gasteiger partial charge in [0.15, 0.2) is 0 Å². The van der Waals surface area contributed by atoms with E-state index in [-0.39, 0.29) is 11.3 Å². The second-order valence-electron chi connectivity index (χ2n) is 12.1. The lowest BCUT2D eigenvalue weighted by Crippen LogP contribution is -2.37. The van der Waals surface area contributed by atoms with Crippen molar-refractivity contribution in [3.05, 3.63) is 63.0 Å². The van der Waals surface area contributed by atoms with Crippen molar-refractivity contribution in [3.8, 4) is 6.07 Å². The van der Waals surface area contributed by atoms with Crippen LogP contribution in [0.4, 0.5) is 13.2 Å². The van der Waals surface area contributed by atoms with Gasteiger partial charge in [-0.25, -0.2) is 0 Å². The van der Waals surface area contributed by atoms with Crippen LogP contribution < -0.4 is 0 Å². The zero-order chi connectivity index (χ0) is 28.3. The number of hydrogen-bond acceptors (Lipinski definition) is 6. The number of pyridine rings is 1. The summed E-state index contributed by atoms with van der Waals surface area (Å²) >= 11 is 0. The molecule has 4 aliphatic rings. The molecule has 1 aromatic carbocycles. The Kier molecular flexibility index (Phi) is 6.97. The lowest BCUT2D eigenvalue weighted by Gasteiger charge is -2.41. The number of nitriles is 1. The van der Waals surface area contributed by atoms with Crippen molar-refractivity contribution in [3.63, 3.8) is 0 Å². The highest BCUT2D eigenvalue weighted by Crippen LogP contribution is 2.58. The monoisotopic (exact) mass is 556 g/mol. The molecule has 3 aliphatic heterocycles. The van der Waals surface area contributed by atoms with Crippen molar-refractivity contribution in [2.75, 3.05) is 26.4 Å². The summed E-state index contributed by atoms with van der Waals surface area (Å²) in [7, 11) is 0. The standard InChI is InChI=1S/C31H35F3N2O4/c1-3-29(2)15-22-24(23(37)16-29)26-25(27(36-22)18-6-10-38-11-7-18)28(40-30(26)8-12-39-13-9-30)19-4-5-21(31(32,33)34)20(14-19)17-35/h4-5,14,18,23,28,37H,3,6-13,15-16H2,1-2H3. The molecule has 1 spiro atoms. The minimum atomic E-state index is -4.64. The van der Waals surface area contributed by atoms with Crippen LogP contribution in [-0.2, 0) is 32.4 Å². The van der Waals surface area contributed by atoms with Gasteiger partial charge in [0.05, 0.1) is 34.6 Å². The molecule has 40 heavy (non-hydrogen) atoms. The zero-order valence-electron chi connectivity index (χ0n) is 22.9. The summed E-state index contributed by atoms with van der Waals surface area (Å²) in [5.41, 5.74) is 2.72. The molecule has 6 rings (SSSR count). The summed E-state index contributed by atoms with van der Waals surface area (Å²) < 4.78 is 59.3. The second-order valence-corrected chi connectivity index (χ2v) is 12.1. The number of benzene rings is 1. The maximum absolute atomic E-state index is 13.7. The quantitative estimate of drug-likeness (QED) is 0.472. The van der Waals surface area contributed by atoms with Crippen LogP contribution in [-0.4, -0.2) is 36.5 Å². The number of alkyl halides is 3. The van der Waals surface area contributed by atoms with Crippen molar-refractivity contribution >= 4 is 0 Å². The Hall–Kier alpha value is -2.51. The van der Waals surface area contributed by atoms with E-state index >= 15 is 0 Å². The molecule has 4 heterocycles. The average molecular weight is 557 g/mol. The van der Waals surface area contributed by atoms with Crippen LogP contribution in [0.1, 0.15) is 115 Å². The molecule has 214 valence electrons. The number of nitrogens with zero attached hydrogens (tertiary/aromatic N) is 2. The summed E-state index contributed by atoms with van der Waals surface area (Å²) in [5.74, 6) is 0.103. The van der Waals surface area contributed by atoms with Crippen molar-refractivity contribution in [2.24, 2.45) is 5.41 Å². The molecule has 1 aliphatic carbocycles. The Morgan fingerprint density at radius 3 is 2.45 bits per heavy atom. The first-order valence-corrected chi connectivity index (χ1v) is 14.3. The van der Waals surface area contributed by atoms with Gasteiger partial charge >= 0.3 is 6.18 Å². The van der Waals surface area contributed by atoms with Crippen molar-refractivity contribution in [2.45, 2.75) is 88.7 Å². The first kappa shape index (κ1) is 27.6. The van der Waals surface area contributed by atoms with E-state index in [0.717, 1.165) is 59.8 Å². The molecular weight excluding hydrogens is 521 g/mol. The van der Waals surface area contributed by atoms with Crippen molar-refractivity contribution in [1.29, 1.82) is 5.26 Å². The molecule has 0 saturated carbocycles. The Balaban J connectivity index is 1.60. The van der Waals surface area contributed by atoms with E-state index in [2.05, 4.69) is 13.8 Å². The number of rotatable bonds is 3. The summed E-state index contributed by atoms with van der Waals surface area (Å²) in [6.07, 6.45) is -1.08. The van der Waals surface area contributed by atoms with Gasteiger partial charge in [-0.2, -0.15) is 18.4 Å². The van der Waals surface area contributed by atoms with E-state index in [4.69, 9.17) is 19.2 Å². The van der Waals surface area contributed by atoms with Crippen LogP contribution in [0.3, 0.4) is 0 Å². The van der Waals surface area contributed by atoms with Crippen molar-refractivity contribution in [1.82, 2.24) is 4.98 Å². The van der Waals surface area contributed by atoms with E-state index in [1.54, 1.807) is 6.07 Å². The minimum Gasteiger partial charge on any atom is -0.388 e. The van der Waals surface area contributed by atoms with Crippen LogP contribution in [0, 0.1) is 16.7 Å². The molecule has 2 fully saturated rings. The van der Waals surface area contributed by atoms with Crippen LogP contribution in [0.5, 0.6) is 0 Å². The highest BCUT2D eigenvalue weighted by Gasteiger charge is 2.53. The van der Waals surface area contributed by atoms with E-state index in [9.17, 15) is 23.5 Å². The topological polar surface area (TPSA) is 84.6 Å². The average Bonchev–Trinajstić information content (AvgIpc) is 3.26. The van der Waals surface area contributed by atoms with Crippen LogP contribution in [0.25, 0.3) is 0 Å². The molecule has 1 aromatic heterocycles. The SMILES string of the molecule is CCC1(C)Cc2nc(C3CCOCC3)c3c(c2C(O)C1)C1(CCOCC1)OC3c1ccc(C(F)(F)F)c(C#N)c1. The van der Waals surface area contributed by atoms with Crippen LogP contribution in [0.2, 0.25) is 0 Å². The smallest absolute Gasteiger partial charge is 0.388 e. The Bertz CT molecular complexity index is 1340. The fraction of sp³-hybridized carbons (Fsp3) is 0.613. The van der Waals surface area contributed by atoms with Gasteiger partial charge in [0.2, 0.25) is 0 Å². The van der Waals surface area contributed by atoms with Crippen molar-refractivity contribution < 1.29 is 32.5 Å². The zero-order valence-corrected chi connectivity index (χ0v) is 22.9. The first-order valence-electron chi connectivity index (χ1n) is 14.3. The molecule has 3 atom stereocenters. The van der Waals surface area contributed by atoms with Gasteiger partial charge in [-0.15, -0.1) is 0 Å². The lowest BCUT2D eigenvalue weighted by molar-refractivity contribution is -0.138. The Morgan fingerprint density at radius 1 is 1.10 bits per heavy atom. The predicted octanol–water partition coefficient (Wildman–Crippen LogP) is 6.39. The van der Waals surface area contributed by atoms with Gasteiger partial charge in [-0.3, -0.25) is 4.98 Å². The molecule has 9 heteroatoms. The molecule has 3 unspecified atom stereocenters. The summed E-state index contributed by atoms with van der Waals surface area (Å²) in [6.45, 7) is 6.51. The molecule has 0 amide bonds. The normalized spacial score (nSPS) is 28.2. The minimum absolute atomic E-state index is 0.0859. The van der Waals surface area contributed by atoms with E-state index in [1.165, 1.54) is 12.1 Å². The largest absolute Gasteiger partial charge is 0.417 e. The molecular formula is C31H35F3N2O4. The summed E-state index contributed by atoms with van der Waals surface area (Å²) in [4.78, 5) is 5.28. The fourth-order valence-corrected chi connectivity index (χ4v) is 7.24. The van der Waals surface area contributed by atoms with Gasteiger partial charge < -0.3 is 19.3 Å². The number of fused-ring (bicyclic) bond motifs is 4. The third-order valence-electron chi connectivity index (χ3n) is 9.59. The van der Waals surface area contributed by atoms with Gasteiger partial charge in [-0.05, 0) is 54.4 Å². The highest BCUT2D eigenvalue weighted by molar-refractivity contribution is 5.56. The maximum atomic E-state index is 13.7. The maximum Gasteiger partial charge on any atom is 0.417 e. The number of ether oxygens (including phenoxy) is 3. The summed E-state index contributed by atoms with van der Waals surface area (Å²) in [6, 6.07) is 5.46. The second kappa shape index (κ2) is 10.1. The molecule has 2 saturated heterocycles. The van der Waals surface area contributed by atoms with Gasteiger partial charge in [0, 0.05) is 62.0 Å². The van der Waals surface area contributed by atoms with Crippen LogP contribution in [0.15, 0.2) is 18.2 Å². The molecule has 6 nitrogen and oxygen atoms in total. The number of aliphatic hydroxyl groups is 1. The molecule has 1 N–H and O–H groups in total. The molecule has 2 aromatic rings. The van der Waals surface area contributed by atoms with E-state index in [0.29, 0.717) is 51.3 Å². The highest BCUT2D eigenvalue weighted by atomic mass is 19.4. The van der Waals surface area contributed by atoms with Gasteiger partial charge in [-0.1, -0.05) is 26.3 Å². The van der Waals surface area contributed by atoms with Gasteiger partial charge in [0.25, 0.3) is 0 Å². The fourth-order valence-electron chi connectivity index (χ4n) is 7.24. The number of aromatic nitrogens is 1. The summed E-state index contributed by atoms with van der Waals surface area (Å²) in [5, 5.41) is 21.3. The Labute approximate surface area is 232 Å². The van der Waals surface area contributed by atoms with E-state index in [1.807, 2.05) is 0 Å². The van der Waals surface area contributed by atoms with E-state index < -0.39 is 35.1 Å². The number of aliphatic hydroxyl groups excluding tert-OH is 1.